The van der Waals surface area contributed by atoms with E-state index in [1.807, 2.05) is 13.8 Å². The summed E-state index contributed by atoms with van der Waals surface area (Å²) in [6.45, 7) is 7.41. The van der Waals surface area contributed by atoms with Crippen molar-refractivity contribution in [3.63, 3.8) is 0 Å². The van der Waals surface area contributed by atoms with Crippen LogP contribution < -0.4 is 10.6 Å². The molecule has 1 unspecified atom stereocenters. The molecule has 0 aliphatic carbocycles. The minimum Gasteiger partial charge on any atom is -0.375 e. The summed E-state index contributed by atoms with van der Waals surface area (Å²) < 4.78 is 5.43. The second-order valence-corrected chi connectivity index (χ2v) is 4.24. The van der Waals surface area contributed by atoms with E-state index < -0.39 is 0 Å². The number of carbonyl (C=O) groups excluding carboxylic acids is 2. The highest BCUT2D eigenvalue weighted by Crippen LogP contribution is 2.00. The first-order valence-electron chi connectivity index (χ1n) is 6.54. The van der Waals surface area contributed by atoms with Crippen LogP contribution in [0.2, 0.25) is 0 Å². The van der Waals surface area contributed by atoms with Gasteiger partial charge in [-0.25, -0.2) is 0 Å². The lowest BCUT2D eigenvalue weighted by Crippen LogP contribution is -2.44. The number of nitrogens with zero attached hydrogens (tertiary/aromatic N) is 1. The Labute approximate surface area is 108 Å². The molecule has 1 heterocycles. The second kappa shape index (κ2) is 8.05. The fourth-order valence-corrected chi connectivity index (χ4v) is 1.89. The van der Waals surface area contributed by atoms with E-state index in [0.29, 0.717) is 32.7 Å². The Kier molecular flexibility index (Phi) is 6.67. The van der Waals surface area contributed by atoms with Crippen LogP contribution in [0.25, 0.3) is 0 Å². The quantitative estimate of drug-likeness (QED) is 0.663. The first-order valence-corrected chi connectivity index (χ1v) is 6.54. The van der Waals surface area contributed by atoms with E-state index in [1.54, 1.807) is 4.90 Å². The highest BCUT2D eigenvalue weighted by Gasteiger charge is 2.18. The van der Waals surface area contributed by atoms with E-state index in [4.69, 9.17) is 4.74 Å². The Balaban J connectivity index is 2.21. The van der Waals surface area contributed by atoms with Crippen molar-refractivity contribution in [1.29, 1.82) is 0 Å². The van der Waals surface area contributed by atoms with Crippen molar-refractivity contribution < 1.29 is 14.3 Å². The molecule has 0 aromatic rings. The van der Waals surface area contributed by atoms with Gasteiger partial charge in [0.25, 0.3) is 0 Å². The largest absolute Gasteiger partial charge is 0.375 e. The van der Waals surface area contributed by atoms with Crippen molar-refractivity contribution in [2.75, 3.05) is 39.3 Å². The number of nitrogens with one attached hydrogen (secondary N) is 2. The molecule has 1 saturated heterocycles. The highest BCUT2D eigenvalue weighted by molar-refractivity contribution is 5.84. The lowest BCUT2D eigenvalue weighted by atomic mass is 10.2. The van der Waals surface area contributed by atoms with Crippen molar-refractivity contribution in [3.05, 3.63) is 0 Å². The molecular formula is C12H23N3O3. The smallest absolute Gasteiger partial charge is 0.241 e. The number of morpholine rings is 1. The number of likely N-dealkylation sites (N-methyl/N-ethyl adjacent to an activating group) is 1. The first kappa shape index (κ1) is 14.9. The minimum absolute atomic E-state index is 0.0453. The molecule has 0 saturated carbocycles. The molecule has 0 aromatic carbocycles. The molecule has 1 fully saturated rings. The normalized spacial score (nSPS) is 19.3. The molecule has 1 aliphatic rings. The molecule has 0 radical (unpaired) electrons. The van der Waals surface area contributed by atoms with E-state index in [1.165, 1.54) is 0 Å². The van der Waals surface area contributed by atoms with Crippen LogP contribution in [0.1, 0.15) is 20.3 Å². The fourth-order valence-electron chi connectivity index (χ4n) is 1.89. The van der Waals surface area contributed by atoms with Crippen molar-refractivity contribution >= 4 is 11.8 Å². The topological polar surface area (TPSA) is 70.7 Å². The zero-order valence-electron chi connectivity index (χ0n) is 11.2. The average Bonchev–Trinajstić information content (AvgIpc) is 2.39. The lowest BCUT2D eigenvalue weighted by Gasteiger charge is -2.23. The van der Waals surface area contributed by atoms with Crippen LogP contribution in [0.15, 0.2) is 0 Å². The van der Waals surface area contributed by atoms with Crippen LogP contribution in [-0.2, 0) is 14.3 Å². The summed E-state index contributed by atoms with van der Waals surface area (Å²) in [5.74, 6) is -0.180. The maximum Gasteiger partial charge on any atom is 0.241 e. The standard InChI is InChI=1S/C12H23N3O3/c1-3-15(4-2)12(17)9-14-11(16)7-10-8-13-5-6-18-10/h10,13H,3-9H2,1-2H3,(H,14,16). The summed E-state index contributed by atoms with van der Waals surface area (Å²) in [7, 11) is 0. The molecular weight excluding hydrogens is 234 g/mol. The van der Waals surface area contributed by atoms with Crippen LogP contribution >= 0.6 is 0 Å². The van der Waals surface area contributed by atoms with E-state index in [0.717, 1.165) is 6.54 Å². The minimum atomic E-state index is -0.135. The Bertz CT molecular complexity index is 274. The number of hydrogen-bond donors (Lipinski definition) is 2. The molecule has 2 amide bonds. The van der Waals surface area contributed by atoms with Crippen LogP contribution in [-0.4, -0.2) is 62.1 Å². The SMILES string of the molecule is CCN(CC)C(=O)CNC(=O)CC1CNCCO1. The molecule has 1 atom stereocenters. The molecule has 1 rings (SSSR count). The van der Waals surface area contributed by atoms with Crippen LogP contribution in [0, 0.1) is 0 Å². The van der Waals surface area contributed by atoms with E-state index in [2.05, 4.69) is 10.6 Å². The predicted molar refractivity (Wildman–Crippen MR) is 68.2 cm³/mol. The Hall–Kier alpha value is -1.14. The van der Waals surface area contributed by atoms with Crippen molar-refractivity contribution in [3.8, 4) is 0 Å². The summed E-state index contributed by atoms with van der Waals surface area (Å²) in [4.78, 5) is 25.0. The van der Waals surface area contributed by atoms with Gasteiger partial charge in [0.05, 0.1) is 25.7 Å². The average molecular weight is 257 g/mol. The Morgan fingerprint density at radius 3 is 2.67 bits per heavy atom. The Morgan fingerprint density at radius 1 is 1.39 bits per heavy atom. The van der Waals surface area contributed by atoms with Gasteiger partial charge in [-0.15, -0.1) is 0 Å². The monoisotopic (exact) mass is 257 g/mol. The van der Waals surface area contributed by atoms with Crippen molar-refractivity contribution in [2.45, 2.75) is 26.4 Å². The molecule has 104 valence electrons. The number of rotatable bonds is 6. The number of amides is 2. The molecule has 0 spiro atoms. The predicted octanol–water partition coefficient (Wildman–Crippen LogP) is -0.650. The van der Waals surface area contributed by atoms with E-state index in [-0.39, 0.29) is 24.5 Å². The lowest BCUT2D eigenvalue weighted by molar-refractivity contribution is -0.133. The molecule has 0 bridgehead atoms. The maximum atomic E-state index is 11.7. The van der Waals surface area contributed by atoms with Gasteiger partial charge in [0, 0.05) is 26.2 Å². The first-order chi connectivity index (χ1) is 8.67. The van der Waals surface area contributed by atoms with Gasteiger partial charge in [-0.05, 0) is 13.8 Å². The zero-order valence-corrected chi connectivity index (χ0v) is 11.2. The number of hydrogen-bond acceptors (Lipinski definition) is 4. The van der Waals surface area contributed by atoms with E-state index in [9.17, 15) is 9.59 Å². The van der Waals surface area contributed by atoms with Crippen LogP contribution in [0.4, 0.5) is 0 Å². The summed E-state index contributed by atoms with van der Waals surface area (Å²) >= 11 is 0. The van der Waals surface area contributed by atoms with Gasteiger partial charge in [0.2, 0.25) is 11.8 Å². The maximum absolute atomic E-state index is 11.7. The summed E-state index contributed by atoms with van der Waals surface area (Å²) in [5, 5.41) is 5.80. The summed E-state index contributed by atoms with van der Waals surface area (Å²) in [5.41, 5.74) is 0. The third kappa shape index (κ3) is 5.01. The van der Waals surface area contributed by atoms with Crippen molar-refractivity contribution in [1.82, 2.24) is 15.5 Å². The van der Waals surface area contributed by atoms with Gasteiger partial charge in [-0.3, -0.25) is 9.59 Å². The van der Waals surface area contributed by atoms with E-state index >= 15 is 0 Å². The van der Waals surface area contributed by atoms with Gasteiger partial charge >= 0.3 is 0 Å². The molecule has 6 heteroatoms. The third-order valence-corrected chi connectivity index (χ3v) is 2.97. The molecule has 18 heavy (non-hydrogen) atoms. The summed E-state index contributed by atoms with van der Waals surface area (Å²) in [6, 6.07) is 0. The molecule has 1 aliphatic heterocycles. The molecule has 6 nitrogen and oxygen atoms in total. The number of ether oxygens (including phenoxy) is 1. The summed E-state index contributed by atoms with van der Waals surface area (Å²) in [6.07, 6.45) is 0.223. The molecule has 0 aromatic heterocycles. The highest BCUT2D eigenvalue weighted by atomic mass is 16.5. The number of carbonyl (C=O) groups is 2. The van der Waals surface area contributed by atoms with Gasteiger partial charge in [0.1, 0.15) is 0 Å². The van der Waals surface area contributed by atoms with Gasteiger partial charge in [-0.1, -0.05) is 0 Å². The van der Waals surface area contributed by atoms with Crippen LogP contribution in [0.5, 0.6) is 0 Å². The van der Waals surface area contributed by atoms with Crippen LogP contribution in [0.3, 0.4) is 0 Å². The van der Waals surface area contributed by atoms with Crippen molar-refractivity contribution in [2.24, 2.45) is 0 Å². The molecule has 2 N–H and O–H groups in total. The van der Waals surface area contributed by atoms with Gasteiger partial charge in [0.15, 0.2) is 0 Å². The zero-order chi connectivity index (χ0) is 13.4. The fraction of sp³-hybridized carbons (Fsp3) is 0.833. The second-order valence-electron chi connectivity index (χ2n) is 4.24. The van der Waals surface area contributed by atoms with Gasteiger partial charge < -0.3 is 20.3 Å². The van der Waals surface area contributed by atoms with Gasteiger partial charge in [-0.2, -0.15) is 0 Å². The Morgan fingerprint density at radius 2 is 2.11 bits per heavy atom. The third-order valence-electron chi connectivity index (χ3n) is 2.97.